The van der Waals surface area contributed by atoms with Crippen LogP contribution in [0.5, 0.6) is 0 Å². The second-order valence-corrected chi connectivity index (χ2v) is 5.95. The molecule has 21 heavy (non-hydrogen) atoms. The van der Waals surface area contributed by atoms with E-state index in [4.69, 9.17) is 5.73 Å². The maximum atomic E-state index is 12.5. The molecule has 1 saturated heterocycles. The average molecular weight is 289 g/mol. The van der Waals surface area contributed by atoms with Crippen LogP contribution < -0.4 is 5.73 Å². The van der Waals surface area contributed by atoms with Crippen molar-refractivity contribution in [2.24, 2.45) is 5.73 Å². The van der Waals surface area contributed by atoms with Gasteiger partial charge in [0.2, 0.25) is 5.91 Å². The van der Waals surface area contributed by atoms with Crippen LogP contribution in [0.25, 0.3) is 0 Å². The third-order valence-corrected chi connectivity index (χ3v) is 4.44. The first-order chi connectivity index (χ1) is 10.1. The minimum Gasteiger partial charge on any atom is -0.341 e. The van der Waals surface area contributed by atoms with Crippen LogP contribution in [-0.2, 0) is 17.9 Å². The lowest BCUT2D eigenvalue weighted by Crippen LogP contribution is -2.47. The Kier molecular flexibility index (Phi) is 5.76. The first kappa shape index (κ1) is 16.0. The van der Waals surface area contributed by atoms with Crippen molar-refractivity contribution in [3.63, 3.8) is 0 Å². The van der Waals surface area contributed by atoms with Crippen LogP contribution in [-0.4, -0.2) is 41.9 Å². The van der Waals surface area contributed by atoms with Crippen molar-refractivity contribution in [1.29, 1.82) is 0 Å². The Morgan fingerprint density at radius 2 is 1.86 bits per heavy atom. The summed E-state index contributed by atoms with van der Waals surface area (Å²) in [5.74, 6) is 0.252. The molecule has 4 nitrogen and oxygen atoms in total. The highest BCUT2D eigenvalue weighted by molar-refractivity contribution is 5.81. The number of amides is 1. The lowest BCUT2D eigenvalue weighted by molar-refractivity contribution is -0.137. The minimum absolute atomic E-state index is 0.0890. The molecule has 2 rings (SSSR count). The van der Waals surface area contributed by atoms with E-state index in [9.17, 15) is 4.79 Å². The highest BCUT2D eigenvalue weighted by Crippen LogP contribution is 2.15. The van der Waals surface area contributed by atoms with E-state index >= 15 is 0 Å². The summed E-state index contributed by atoms with van der Waals surface area (Å²) in [4.78, 5) is 16.7. The molecule has 0 radical (unpaired) electrons. The number of likely N-dealkylation sites (tertiary alicyclic amines) is 1. The molecule has 1 aromatic carbocycles. The normalized spacial score (nSPS) is 17.0. The maximum absolute atomic E-state index is 12.5. The number of piperidine rings is 1. The Morgan fingerprint density at radius 1 is 1.24 bits per heavy atom. The van der Waals surface area contributed by atoms with Gasteiger partial charge in [0.25, 0.3) is 0 Å². The SMILES string of the molecule is CC(C(=O)N1CCCCC1)N(C)Cc1ccccc1CN. The van der Waals surface area contributed by atoms with E-state index in [1.807, 2.05) is 31.0 Å². The highest BCUT2D eigenvalue weighted by Gasteiger charge is 2.25. The van der Waals surface area contributed by atoms with Crippen molar-refractivity contribution in [3.05, 3.63) is 35.4 Å². The third kappa shape index (κ3) is 4.05. The monoisotopic (exact) mass is 289 g/mol. The zero-order valence-electron chi connectivity index (χ0n) is 13.2. The van der Waals surface area contributed by atoms with Gasteiger partial charge in [-0.05, 0) is 44.4 Å². The molecule has 0 saturated carbocycles. The number of rotatable bonds is 5. The number of nitrogens with two attached hydrogens (primary N) is 1. The zero-order chi connectivity index (χ0) is 15.2. The predicted octanol–water partition coefficient (Wildman–Crippen LogP) is 1.98. The van der Waals surface area contributed by atoms with Crippen molar-refractivity contribution < 1.29 is 4.79 Å². The van der Waals surface area contributed by atoms with Crippen LogP contribution in [0.1, 0.15) is 37.3 Å². The quantitative estimate of drug-likeness (QED) is 0.901. The fourth-order valence-corrected chi connectivity index (χ4v) is 2.88. The first-order valence-electron chi connectivity index (χ1n) is 7.89. The number of carbonyl (C=O) groups is 1. The molecule has 1 aliphatic rings. The summed E-state index contributed by atoms with van der Waals surface area (Å²) < 4.78 is 0. The molecule has 1 fully saturated rings. The molecular weight excluding hydrogens is 262 g/mol. The average Bonchev–Trinajstić information content (AvgIpc) is 2.54. The van der Waals surface area contributed by atoms with Crippen LogP contribution >= 0.6 is 0 Å². The predicted molar refractivity (Wildman–Crippen MR) is 85.7 cm³/mol. The summed E-state index contributed by atoms with van der Waals surface area (Å²) >= 11 is 0. The summed E-state index contributed by atoms with van der Waals surface area (Å²) in [6, 6.07) is 8.10. The summed E-state index contributed by atoms with van der Waals surface area (Å²) in [7, 11) is 2.01. The van der Waals surface area contributed by atoms with Gasteiger partial charge in [0, 0.05) is 26.2 Å². The van der Waals surface area contributed by atoms with Gasteiger partial charge in [0.15, 0.2) is 0 Å². The van der Waals surface area contributed by atoms with Gasteiger partial charge < -0.3 is 10.6 Å². The van der Waals surface area contributed by atoms with Gasteiger partial charge in [-0.2, -0.15) is 0 Å². The largest absolute Gasteiger partial charge is 0.341 e. The summed E-state index contributed by atoms with van der Waals surface area (Å²) in [6.07, 6.45) is 3.52. The van der Waals surface area contributed by atoms with E-state index in [0.29, 0.717) is 6.54 Å². The molecule has 0 aliphatic carbocycles. The van der Waals surface area contributed by atoms with Gasteiger partial charge in [-0.25, -0.2) is 0 Å². The van der Waals surface area contributed by atoms with Gasteiger partial charge in [0.05, 0.1) is 6.04 Å². The second kappa shape index (κ2) is 7.57. The number of hydrogen-bond acceptors (Lipinski definition) is 3. The Morgan fingerprint density at radius 3 is 2.48 bits per heavy atom. The lowest BCUT2D eigenvalue weighted by atomic mass is 10.1. The molecule has 4 heteroatoms. The van der Waals surface area contributed by atoms with Crippen molar-refractivity contribution in [2.45, 2.75) is 45.3 Å². The molecule has 1 aromatic rings. The topological polar surface area (TPSA) is 49.6 Å². The molecule has 1 amide bonds. The Labute approximate surface area is 127 Å². The number of hydrogen-bond donors (Lipinski definition) is 1. The maximum Gasteiger partial charge on any atom is 0.239 e. The Balaban J connectivity index is 1.98. The van der Waals surface area contributed by atoms with Crippen molar-refractivity contribution in [2.75, 3.05) is 20.1 Å². The smallest absolute Gasteiger partial charge is 0.239 e. The summed E-state index contributed by atoms with van der Waals surface area (Å²) in [5.41, 5.74) is 8.15. The highest BCUT2D eigenvalue weighted by atomic mass is 16.2. The van der Waals surface area contributed by atoms with E-state index in [2.05, 4.69) is 17.0 Å². The standard InChI is InChI=1S/C17H27N3O/c1-14(17(21)20-10-6-3-7-11-20)19(2)13-16-9-5-4-8-15(16)12-18/h4-5,8-9,14H,3,6-7,10-13,18H2,1-2H3. The van der Waals surface area contributed by atoms with Crippen LogP contribution in [0.2, 0.25) is 0 Å². The lowest BCUT2D eigenvalue weighted by Gasteiger charge is -2.33. The van der Waals surface area contributed by atoms with Gasteiger partial charge in [-0.1, -0.05) is 24.3 Å². The molecule has 1 unspecified atom stereocenters. The van der Waals surface area contributed by atoms with E-state index in [1.165, 1.54) is 12.0 Å². The van der Waals surface area contributed by atoms with Crippen LogP contribution in [0, 0.1) is 0 Å². The fourth-order valence-electron chi connectivity index (χ4n) is 2.88. The fraction of sp³-hybridized carbons (Fsp3) is 0.588. The van der Waals surface area contributed by atoms with Crippen molar-refractivity contribution in [3.8, 4) is 0 Å². The zero-order valence-corrected chi connectivity index (χ0v) is 13.2. The number of benzene rings is 1. The summed E-state index contributed by atoms with van der Waals surface area (Å²) in [6.45, 7) is 5.13. The number of nitrogens with zero attached hydrogens (tertiary/aromatic N) is 2. The number of carbonyl (C=O) groups excluding carboxylic acids is 1. The van der Waals surface area contributed by atoms with Gasteiger partial charge in [-0.3, -0.25) is 9.69 Å². The molecule has 0 bridgehead atoms. The van der Waals surface area contributed by atoms with E-state index in [0.717, 1.165) is 38.0 Å². The van der Waals surface area contributed by atoms with Crippen LogP contribution in [0.15, 0.2) is 24.3 Å². The molecule has 1 heterocycles. The van der Waals surface area contributed by atoms with Gasteiger partial charge in [-0.15, -0.1) is 0 Å². The minimum atomic E-state index is -0.0890. The molecule has 1 aliphatic heterocycles. The Bertz CT molecular complexity index is 469. The van der Waals surface area contributed by atoms with Crippen molar-refractivity contribution in [1.82, 2.24) is 9.80 Å². The van der Waals surface area contributed by atoms with Crippen molar-refractivity contribution >= 4 is 5.91 Å². The molecule has 2 N–H and O–H groups in total. The van der Waals surface area contributed by atoms with E-state index < -0.39 is 0 Å². The van der Waals surface area contributed by atoms with Gasteiger partial charge >= 0.3 is 0 Å². The molecule has 116 valence electrons. The number of likely N-dealkylation sites (N-methyl/N-ethyl adjacent to an activating group) is 1. The van der Waals surface area contributed by atoms with E-state index in [1.54, 1.807) is 0 Å². The summed E-state index contributed by atoms with van der Waals surface area (Å²) in [5, 5.41) is 0. The first-order valence-corrected chi connectivity index (χ1v) is 7.89. The van der Waals surface area contributed by atoms with E-state index in [-0.39, 0.29) is 11.9 Å². The molecule has 0 spiro atoms. The Hall–Kier alpha value is -1.39. The van der Waals surface area contributed by atoms with Crippen LogP contribution in [0.4, 0.5) is 0 Å². The second-order valence-electron chi connectivity index (χ2n) is 5.95. The molecule has 1 atom stereocenters. The molecule has 0 aromatic heterocycles. The molecular formula is C17H27N3O. The third-order valence-electron chi connectivity index (χ3n) is 4.44. The van der Waals surface area contributed by atoms with Gasteiger partial charge in [0.1, 0.15) is 0 Å². The van der Waals surface area contributed by atoms with Crippen LogP contribution in [0.3, 0.4) is 0 Å².